The lowest BCUT2D eigenvalue weighted by molar-refractivity contribution is 0.00653. The normalized spacial score (nSPS) is 24.2. The maximum atomic E-state index is 10.6. The summed E-state index contributed by atoms with van der Waals surface area (Å²) in [5, 5.41) is 23.3. The predicted molar refractivity (Wildman–Crippen MR) is 83.2 cm³/mol. The van der Waals surface area contributed by atoms with Crippen molar-refractivity contribution >= 4 is 10.8 Å². The largest absolute Gasteiger partial charge is 0.389 e. The van der Waals surface area contributed by atoms with Crippen molar-refractivity contribution in [2.24, 2.45) is 0 Å². The summed E-state index contributed by atoms with van der Waals surface area (Å²) in [6, 6.07) is 21.9. The second-order valence-electron chi connectivity index (χ2n) is 5.62. The van der Waals surface area contributed by atoms with Crippen molar-refractivity contribution in [2.45, 2.75) is 18.1 Å². The van der Waals surface area contributed by atoms with E-state index in [0.717, 1.165) is 27.5 Å². The molecule has 4 rings (SSSR count). The molecule has 1 aliphatic carbocycles. The Morgan fingerprint density at radius 3 is 2.05 bits per heavy atom. The van der Waals surface area contributed by atoms with E-state index >= 15 is 0 Å². The molecule has 0 radical (unpaired) electrons. The van der Waals surface area contributed by atoms with Crippen molar-refractivity contribution < 1.29 is 10.2 Å². The van der Waals surface area contributed by atoms with Gasteiger partial charge >= 0.3 is 0 Å². The highest BCUT2D eigenvalue weighted by Gasteiger charge is 2.36. The van der Waals surface area contributed by atoms with Gasteiger partial charge < -0.3 is 10.2 Å². The predicted octanol–water partition coefficient (Wildman–Crippen LogP) is 3.38. The smallest absolute Gasteiger partial charge is 0.106 e. The van der Waals surface area contributed by atoms with Crippen molar-refractivity contribution in [3.8, 4) is 0 Å². The van der Waals surface area contributed by atoms with Crippen LogP contribution >= 0.6 is 0 Å². The second-order valence-corrected chi connectivity index (χ2v) is 5.62. The lowest BCUT2D eigenvalue weighted by Crippen LogP contribution is -2.31. The number of hydrogen-bond donors (Lipinski definition) is 2. The van der Waals surface area contributed by atoms with E-state index in [1.165, 1.54) is 0 Å². The molecule has 3 aromatic carbocycles. The summed E-state index contributed by atoms with van der Waals surface area (Å²) in [4.78, 5) is 0. The van der Waals surface area contributed by atoms with Gasteiger partial charge in [0.05, 0.1) is 6.10 Å². The molecule has 3 atom stereocenters. The van der Waals surface area contributed by atoms with Gasteiger partial charge in [0.25, 0.3) is 0 Å². The molecule has 0 saturated heterocycles. The first-order chi connectivity index (χ1) is 10.3. The minimum Gasteiger partial charge on any atom is -0.389 e. The summed E-state index contributed by atoms with van der Waals surface area (Å²) in [6.07, 6.45) is -1.68. The van der Waals surface area contributed by atoms with Gasteiger partial charge in [0.1, 0.15) is 6.10 Å². The number of rotatable bonds is 1. The standard InChI is InChI=1S/C19H16O2/c20-18-15-11-5-9-12-8-4-10-14(16(12)15)17(19(18)21)13-6-2-1-3-7-13/h1-11,17-21H. The molecule has 0 heterocycles. The highest BCUT2D eigenvalue weighted by molar-refractivity contribution is 5.91. The zero-order valence-electron chi connectivity index (χ0n) is 11.5. The van der Waals surface area contributed by atoms with Crippen LogP contribution in [0.4, 0.5) is 0 Å². The van der Waals surface area contributed by atoms with Crippen LogP contribution in [0, 0.1) is 0 Å². The van der Waals surface area contributed by atoms with Crippen LogP contribution in [0.5, 0.6) is 0 Å². The molecule has 2 heteroatoms. The first-order valence-electron chi connectivity index (χ1n) is 7.20. The van der Waals surface area contributed by atoms with Crippen LogP contribution in [0.2, 0.25) is 0 Å². The zero-order valence-corrected chi connectivity index (χ0v) is 11.5. The van der Waals surface area contributed by atoms with Crippen molar-refractivity contribution in [3.05, 3.63) is 83.4 Å². The van der Waals surface area contributed by atoms with E-state index in [1.807, 2.05) is 48.5 Å². The number of aliphatic hydroxyl groups excluding tert-OH is 2. The summed E-state index contributed by atoms with van der Waals surface area (Å²) in [7, 11) is 0. The summed E-state index contributed by atoms with van der Waals surface area (Å²) in [5.41, 5.74) is 2.95. The van der Waals surface area contributed by atoms with E-state index in [1.54, 1.807) is 0 Å². The van der Waals surface area contributed by atoms with Gasteiger partial charge in [0, 0.05) is 5.92 Å². The third-order valence-electron chi connectivity index (χ3n) is 4.45. The molecule has 0 amide bonds. The Balaban J connectivity index is 2.04. The highest BCUT2D eigenvalue weighted by atomic mass is 16.3. The molecule has 0 aromatic heterocycles. The van der Waals surface area contributed by atoms with Crippen LogP contribution in [0.15, 0.2) is 66.7 Å². The molecule has 0 aliphatic heterocycles. The summed E-state index contributed by atoms with van der Waals surface area (Å²) in [5.74, 6) is -0.195. The summed E-state index contributed by atoms with van der Waals surface area (Å²) >= 11 is 0. The van der Waals surface area contributed by atoms with Crippen LogP contribution in [-0.4, -0.2) is 16.3 Å². The Bertz CT molecular complexity index is 790. The third kappa shape index (κ3) is 1.80. The van der Waals surface area contributed by atoms with Gasteiger partial charge in [-0.25, -0.2) is 0 Å². The summed E-state index contributed by atoms with van der Waals surface area (Å²) < 4.78 is 0. The Labute approximate surface area is 123 Å². The molecule has 2 nitrogen and oxygen atoms in total. The number of aliphatic hydroxyl groups is 2. The summed E-state index contributed by atoms with van der Waals surface area (Å²) in [6.45, 7) is 0. The van der Waals surface area contributed by atoms with Crippen LogP contribution in [0.1, 0.15) is 28.7 Å². The number of benzene rings is 3. The van der Waals surface area contributed by atoms with E-state index in [-0.39, 0.29) is 5.92 Å². The quantitative estimate of drug-likeness (QED) is 0.715. The average Bonchev–Trinajstić information content (AvgIpc) is 2.54. The van der Waals surface area contributed by atoms with E-state index in [0.29, 0.717) is 0 Å². The Hall–Kier alpha value is -2.16. The van der Waals surface area contributed by atoms with Gasteiger partial charge in [-0.15, -0.1) is 0 Å². The second kappa shape index (κ2) is 4.69. The molecule has 104 valence electrons. The van der Waals surface area contributed by atoms with Crippen molar-refractivity contribution in [1.29, 1.82) is 0 Å². The fraction of sp³-hybridized carbons (Fsp3) is 0.158. The Morgan fingerprint density at radius 2 is 1.33 bits per heavy atom. The maximum absolute atomic E-state index is 10.6. The van der Waals surface area contributed by atoms with Crippen LogP contribution in [0.25, 0.3) is 10.8 Å². The molecule has 3 aromatic rings. The fourth-order valence-electron chi connectivity index (χ4n) is 3.49. The van der Waals surface area contributed by atoms with Gasteiger partial charge in [-0.05, 0) is 27.5 Å². The van der Waals surface area contributed by atoms with Gasteiger partial charge in [-0.1, -0.05) is 66.7 Å². The van der Waals surface area contributed by atoms with Crippen LogP contribution in [-0.2, 0) is 0 Å². The van der Waals surface area contributed by atoms with Gasteiger partial charge in [0.2, 0.25) is 0 Å². The molecule has 0 bridgehead atoms. The molecule has 21 heavy (non-hydrogen) atoms. The molecule has 0 fully saturated rings. The Morgan fingerprint density at radius 1 is 0.667 bits per heavy atom. The molecule has 1 aliphatic rings. The van der Waals surface area contributed by atoms with Crippen LogP contribution in [0.3, 0.4) is 0 Å². The van der Waals surface area contributed by atoms with Gasteiger partial charge in [-0.2, -0.15) is 0 Å². The van der Waals surface area contributed by atoms with Crippen molar-refractivity contribution in [2.75, 3.05) is 0 Å². The molecule has 0 spiro atoms. The lowest BCUT2D eigenvalue weighted by atomic mass is 9.75. The number of hydrogen-bond acceptors (Lipinski definition) is 2. The minimum atomic E-state index is -0.853. The van der Waals surface area contributed by atoms with Crippen molar-refractivity contribution in [1.82, 2.24) is 0 Å². The van der Waals surface area contributed by atoms with E-state index < -0.39 is 12.2 Å². The SMILES string of the molecule is OC1c2cccc3cccc(c23)C(c2ccccc2)C1O. The molecule has 0 saturated carbocycles. The molecule has 3 unspecified atom stereocenters. The lowest BCUT2D eigenvalue weighted by Gasteiger charge is -2.34. The first kappa shape index (κ1) is 12.6. The van der Waals surface area contributed by atoms with Crippen molar-refractivity contribution in [3.63, 3.8) is 0 Å². The maximum Gasteiger partial charge on any atom is 0.106 e. The monoisotopic (exact) mass is 276 g/mol. The molecular weight excluding hydrogens is 260 g/mol. The van der Waals surface area contributed by atoms with E-state index in [4.69, 9.17) is 0 Å². The van der Waals surface area contributed by atoms with Gasteiger partial charge in [0.15, 0.2) is 0 Å². The highest BCUT2D eigenvalue weighted by Crippen LogP contribution is 2.44. The molecule has 2 N–H and O–H groups in total. The molecular formula is C19H16O2. The van der Waals surface area contributed by atoms with Crippen LogP contribution < -0.4 is 0 Å². The zero-order chi connectivity index (χ0) is 14.4. The van der Waals surface area contributed by atoms with E-state index in [9.17, 15) is 10.2 Å². The fourth-order valence-corrected chi connectivity index (χ4v) is 3.49. The first-order valence-corrected chi connectivity index (χ1v) is 7.20. The third-order valence-corrected chi connectivity index (χ3v) is 4.45. The topological polar surface area (TPSA) is 40.5 Å². The minimum absolute atomic E-state index is 0.195. The van der Waals surface area contributed by atoms with E-state index in [2.05, 4.69) is 18.2 Å². The average molecular weight is 276 g/mol. The Kier molecular flexibility index (Phi) is 2.81. The van der Waals surface area contributed by atoms with Gasteiger partial charge in [-0.3, -0.25) is 0 Å².